The molecule has 148 valence electrons. The zero-order chi connectivity index (χ0) is 20.7. The van der Waals surface area contributed by atoms with Crippen molar-refractivity contribution in [1.82, 2.24) is 4.90 Å². The largest absolute Gasteiger partial charge is 0.495 e. The second-order valence-electron chi connectivity index (χ2n) is 6.20. The third kappa shape index (κ3) is 5.11. The maximum atomic E-state index is 12.3. The van der Waals surface area contributed by atoms with E-state index in [4.69, 9.17) is 9.15 Å². The van der Waals surface area contributed by atoms with Crippen LogP contribution in [0.2, 0.25) is 0 Å². The highest BCUT2D eigenvalue weighted by Gasteiger charge is 2.19. The monoisotopic (exact) mass is 384 g/mol. The molecule has 2 aromatic rings. The van der Waals surface area contributed by atoms with Gasteiger partial charge in [0.1, 0.15) is 23.1 Å². The summed E-state index contributed by atoms with van der Waals surface area (Å²) in [6.07, 6.45) is 0. The number of hydrogen-bond acceptors (Lipinski definition) is 6. The van der Waals surface area contributed by atoms with E-state index in [1.54, 1.807) is 36.9 Å². The van der Waals surface area contributed by atoms with E-state index in [0.717, 1.165) is 0 Å². The lowest BCUT2D eigenvalue weighted by atomic mass is 10.2. The molecule has 8 nitrogen and oxygen atoms in total. The Kier molecular flexibility index (Phi) is 7.18. The maximum absolute atomic E-state index is 12.3. The number of furan rings is 1. The first-order chi connectivity index (χ1) is 13.4. The molecular formula is C20H24N4O4. The van der Waals surface area contributed by atoms with Crippen LogP contribution in [0.25, 0.3) is 0 Å². The van der Waals surface area contributed by atoms with Crippen LogP contribution in [0.5, 0.6) is 5.75 Å². The first-order valence-electron chi connectivity index (χ1n) is 8.84. The number of rotatable bonds is 8. The highest BCUT2D eigenvalue weighted by molar-refractivity contribution is 5.95. The highest BCUT2D eigenvalue weighted by Crippen LogP contribution is 2.25. The summed E-state index contributed by atoms with van der Waals surface area (Å²) in [6.45, 7) is 5.85. The Labute approximate surface area is 164 Å². The van der Waals surface area contributed by atoms with E-state index in [1.807, 2.05) is 19.1 Å². The van der Waals surface area contributed by atoms with Crippen molar-refractivity contribution in [2.24, 2.45) is 0 Å². The van der Waals surface area contributed by atoms with Crippen LogP contribution >= 0.6 is 0 Å². The van der Waals surface area contributed by atoms with E-state index in [9.17, 15) is 14.9 Å². The fraction of sp³-hybridized carbons (Fsp3) is 0.350. The van der Waals surface area contributed by atoms with Crippen molar-refractivity contribution in [3.05, 3.63) is 41.2 Å². The molecule has 2 rings (SSSR count). The molecule has 2 amide bonds. The molecule has 0 radical (unpaired) electrons. The van der Waals surface area contributed by atoms with E-state index in [0.29, 0.717) is 34.9 Å². The van der Waals surface area contributed by atoms with Crippen molar-refractivity contribution in [2.75, 3.05) is 37.4 Å². The van der Waals surface area contributed by atoms with Gasteiger partial charge in [0.15, 0.2) is 0 Å². The van der Waals surface area contributed by atoms with E-state index >= 15 is 0 Å². The van der Waals surface area contributed by atoms with E-state index in [1.165, 1.54) is 7.11 Å². The van der Waals surface area contributed by atoms with Gasteiger partial charge in [-0.1, -0.05) is 19.1 Å². The smallest absolute Gasteiger partial charge is 0.240 e. The third-order valence-electron chi connectivity index (χ3n) is 4.31. The van der Waals surface area contributed by atoms with Gasteiger partial charge in [-0.05, 0) is 32.5 Å². The van der Waals surface area contributed by atoms with E-state index < -0.39 is 0 Å². The Balaban J connectivity index is 1.96. The molecule has 2 N–H and O–H groups in total. The topological polar surface area (TPSA) is 108 Å². The summed E-state index contributed by atoms with van der Waals surface area (Å²) in [5.41, 5.74) is 1.57. The molecule has 0 saturated heterocycles. The Morgan fingerprint density at radius 2 is 1.82 bits per heavy atom. The number of aryl methyl sites for hydroxylation is 1. The molecule has 1 aromatic carbocycles. The van der Waals surface area contributed by atoms with Crippen LogP contribution in [0.15, 0.2) is 28.7 Å². The van der Waals surface area contributed by atoms with Gasteiger partial charge in [0, 0.05) is 5.56 Å². The number of likely N-dealkylation sites (N-methyl/N-ethyl adjacent to an activating group) is 1. The number of ether oxygens (including phenoxy) is 1. The lowest BCUT2D eigenvalue weighted by Crippen LogP contribution is -2.38. The number of nitriles is 1. The number of hydrogen-bond donors (Lipinski definition) is 2. The minimum absolute atomic E-state index is 0.0144. The fourth-order valence-electron chi connectivity index (χ4n) is 2.64. The van der Waals surface area contributed by atoms with Gasteiger partial charge in [0.2, 0.25) is 17.7 Å². The number of nitrogens with one attached hydrogen (secondary N) is 2. The number of carbonyl (C=O) groups is 2. The molecule has 0 atom stereocenters. The summed E-state index contributed by atoms with van der Waals surface area (Å²) >= 11 is 0. The molecule has 0 saturated carbocycles. The van der Waals surface area contributed by atoms with Gasteiger partial charge in [-0.15, -0.1) is 0 Å². The molecule has 1 aromatic heterocycles. The first-order valence-corrected chi connectivity index (χ1v) is 8.84. The standard InChI is InChI=1S/C20H24N4O4/c1-5-24(11-18(25)22-16-8-6-7-9-17(16)27-4)12-19(26)23-20-15(10-21)13(2)14(3)28-20/h6-9H,5,11-12H2,1-4H3,(H,22,25)(H,23,26). The molecule has 0 bridgehead atoms. The highest BCUT2D eigenvalue weighted by atomic mass is 16.5. The number of amides is 2. The average molecular weight is 384 g/mol. The van der Waals surface area contributed by atoms with E-state index in [-0.39, 0.29) is 30.8 Å². The number of benzene rings is 1. The van der Waals surface area contributed by atoms with Crippen LogP contribution in [-0.4, -0.2) is 43.5 Å². The maximum Gasteiger partial charge on any atom is 0.240 e. The Morgan fingerprint density at radius 3 is 2.43 bits per heavy atom. The summed E-state index contributed by atoms with van der Waals surface area (Å²) in [6, 6.07) is 9.13. The summed E-state index contributed by atoms with van der Waals surface area (Å²) in [5.74, 6) is 0.649. The Bertz CT molecular complexity index is 898. The van der Waals surface area contributed by atoms with Crippen molar-refractivity contribution < 1.29 is 18.7 Å². The van der Waals surface area contributed by atoms with Crippen molar-refractivity contribution in [3.8, 4) is 11.8 Å². The molecule has 0 fully saturated rings. The average Bonchev–Trinajstić information content (AvgIpc) is 2.94. The van der Waals surface area contributed by atoms with Crippen LogP contribution in [0.3, 0.4) is 0 Å². The van der Waals surface area contributed by atoms with Gasteiger partial charge < -0.3 is 14.5 Å². The predicted octanol–water partition coefficient (Wildman–Crippen LogP) is 2.68. The van der Waals surface area contributed by atoms with Gasteiger partial charge in [0.25, 0.3) is 0 Å². The van der Waals surface area contributed by atoms with Crippen LogP contribution in [0.4, 0.5) is 11.6 Å². The molecule has 0 aliphatic rings. The lowest BCUT2D eigenvalue weighted by molar-refractivity contribution is -0.120. The molecule has 0 unspecified atom stereocenters. The number of nitrogens with zero attached hydrogens (tertiary/aromatic N) is 2. The van der Waals surface area contributed by atoms with E-state index in [2.05, 4.69) is 10.6 Å². The fourth-order valence-corrected chi connectivity index (χ4v) is 2.64. The van der Waals surface area contributed by atoms with Gasteiger partial charge >= 0.3 is 0 Å². The van der Waals surface area contributed by atoms with Crippen molar-refractivity contribution in [1.29, 1.82) is 5.26 Å². The second kappa shape index (κ2) is 9.58. The van der Waals surface area contributed by atoms with Gasteiger partial charge in [-0.3, -0.25) is 19.8 Å². The zero-order valence-electron chi connectivity index (χ0n) is 16.5. The van der Waals surface area contributed by atoms with Crippen LogP contribution in [0, 0.1) is 25.2 Å². The summed E-state index contributed by atoms with van der Waals surface area (Å²) in [5, 5.41) is 14.6. The van der Waals surface area contributed by atoms with Gasteiger partial charge in [-0.25, -0.2) is 0 Å². The van der Waals surface area contributed by atoms with Crippen LogP contribution in [0.1, 0.15) is 23.8 Å². The predicted molar refractivity (Wildman–Crippen MR) is 105 cm³/mol. The summed E-state index contributed by atoms with van der Waals surface area (Å²) in [7, 11) is 1.53. The van der Waals surface area contributed by atoms with Gasteiger partial charge in [0.05, 0.1) is 25.9 Å². The minimum Gasteiger partial charge on any atom is -0.495 e. The normalized spacial score (nSPS) is 10.4. The summed E-state index contributed by atoms with van der Waals surface area (Å²) in [4.78, 5) is 26.3. The Morgan fingerprint density at radius 1 is 1.18 bits per heavy atom. The molecule has 8 heteroatoms. The quantitative estimate of drug-likeness (QED) is 0.724. The molecule has 0 spiro atoms. The van der Waals surface area contributed by atoms with Gasteiger partial charge in [-0.2, -0.15) is 5.26 Å². The molecule has 0 aliphatic carbocycles. The molecule has 1 heterocycles. The van der Waals surface area contributed by atoms with Crippen molar-refractivity contribution in [2.45, 2.75) is 20.8 Å². The zero-order valence-corrected chi connectivity index (χ0v) is 16.5. The molecule has 28 heavy (non-hydrogen) atoms. The number of para-hydroxylation sites is 2. The first kappa shape index (κ1) is 21.0. The second-order valence-corrected chi connectivity index (χ2v) is 6.20. The SMILES string of the molecule is CCN(CC(=O)Nc1ccccc1OC)CC(=O)Nc1oc(C)c(C)c1C#N. The minimum atomic E-state index is -0.364. The van der Waals surface area contributed by atoms with Crippen molar-refractivity contribution in [3.63, 3.8) is 0 Å². The third-order valence-corrected chi connectivity index (χ3v) is 4.31. The van der Waals surface area contributed by atoms with Crippen LogP contribution < -0.4 is 15.4 Å². The van der Waals surface area contributed by atoms with Crippen molar-refractivity contribution >= 4 is 23.4 Å². The molecule has 0 aliphatic heterocycles. The van der Waals surface area contributed by atoms with Crippen LogP contribution in [-0.2, 0) is 9.59 Å². The lowest BCUT2D eigenvalue weighted by Gasteiger charge is -2.19. The molecular weight excluding hydrogens is 360 g/mol. The number of methoxy groups -OCH3 is 1. The summed E-state index contributed by atoms with van der Waals surface area (Å²) < 4.78 is 10.7. The number of carbonyl (C=O) groups excluding carboxylic acids is 2. The number of anilines is 2. The Hall–Kier alpha value is -3.31.